The summed E-state index contributed by atoms with van der Waals surface area (Å²) in [5.74, 6) is -0.804. The van der Waals surface area contributed by atoms with Gasteiger partial charge < -0.3 is 10.5 Å². The molecule has 1 rings (SSSR count). The first-order chi connectivity index (χ1) is 6.97. The number of methoxy groups -OCH3 is 1. The van der Waals surface area contributed by atoms with Crippen molar-refractivity contribution >= 4 is 23.2 Å². The summed E-state index contributed by atoms with van der Waals surface area (Å²) in [5, 5.41) is 10.5. The van der Waals surface area contributed by atoms with Gasteiger partial charge in [0, 0.05) is 6.07 Å². The molecule has 0 aliphatic carbocycles. The first kappa shape index (κ1) is 11.3. The predicted molar refractivity (Wildman–Crippen MR) is 53.2 cm³/mol. The number of nitro groups is 1. The van der Waals surface area contributed by atoms with Gasteiger partial charge in [0.1, 0.15) is 5.75 Å². The third-order valence-electron chi connectivity index (χ3n) is 1.72. The van der Waals surface area contributed by atoms with Gasteiger partial charge in [0.2, 0.25) is 0 Å². The van der Waals surface area contributed by atoms with Gasteiger partial charge >= 0.3 is 0 Å². The molecule has 0 aliphatic rings. The van der Waals surface area contributed by atoms with Crippen molar-refractivity contribution in [1.29, 1.82) is 0 Å². The lowest BCUT2D eigenvalue weighted by molar-refractivity contribution is -0.384. The van der Waals surface area contributed by atoms with Gasteiger partial charge in [-0.05, 0) is 0 Å². The summed E-state index contributed by atoms with van der Waals surface area (Å²) in [5.41, 5.74) is 4.57. The van der Waals surface area contributed by atoms with E-state index in [2.05, 4.69) is 0 Å². The molecule has 1 aromatic rings. The second-order valence-corrected chi connectivity index (χ2v) is 3.01. The molecular weight excluding hydrogens is 224 g/mol. The maximum absolute atomic E-state index is 10.9. The zero-order chi connectivity index (χ0) is 11.6. The van der Waals surface area contributed by atoms with E-state index in [1.165, 1.54) is 7.11 Å². The summed E-state index contributed by atoms with van der Waals surface area (Å²) in [6.07, 6.45) is 0. The second kappa shape index (κ2) is 4.14. The van der Waals surface area contributed by atoms with Crippen LogP contribution in [0.4, 0.5) is 5.69 Å². The van der Waals surface area contributed by atoms with E-state index in [1.54, 1.807) is 0 Å². The lowest BCUT2D eigenvalue weighted by Crippen LogP contribution is -2.12. The van der Waals surface area contributed by atoms with E-state index in [-0.39, 0.29) is 22.0 Å². The molecule has 15 heavy (non-hydrogen) atoms. The van der Waals surface area contributed by atoms with E-state index in [1.807, 2.05) is 0 Å². The Labute approximate surface area is 89.7 Å². The third-order valence-corrected chi connectivity index (χ3v) is 2.11. The summed E-state index contributed by atoms with van der Waals surface area (Å²) in [4.78, 5) is 20.8. The van der Waals surface area contributed by atoms with Crippen LogP contribution in [0.15, 0.2) is 12.1 Å². The Morgan fingerprint density at radius 3 is 2.60 bits per heavy atom. The summed E-state index contributed by atoms with van der Waals surface area (Å²) >= 11 is 5.73. The molecule has 0 radical (unpaired) electrons. The Hall–Kier alpha value is -1.82. The molecule has 0 saturated carbocycles. The molecule has 0 fully saturated rings. The molecule has 1 amide bonds. The van der Waals surface area contributed by atoms with E-state index in [4.69, 9.17) is 22.1 Å². The monoisotopic (exact) mass is 230 g/mol. The quantitative estimate of drug-likeness (QED) is 0.626. The highest BCUT2D eigenvalue weighted by molar-refractivity contribution is 6.35. The number of hydrogen-bond acceptors (Lipinski definition) is 4. The molecule has 6 nitrogen and oxygen atoms in total. The van der Waals surface area contributed by atoms with E-state index in [0.29, 0.717) is 0 Å². The summed E-state index contributed by atoms with van der Waals surface area (Å²) in [6.45, 7) is 0. The topological polar surface area (TPSA) is 95.5 Å². The molecule has 0 spiro atoms. The Morgan fingerprint density at radius 2 is 2.20 bits per heavy atom. The average molecular weight is 231 g/mol. The Bertz CT molecular complexity index is 433. The number of primary amides is 1. The first-order valence-corrected chi connectivity index (χ1v) is 4.17. The van der Waals surface area contributed by atoms with Crippen LogP contribution in [0.25, 0.3) is 0 Å². The minimum Gasteiger partial charge on any atom is -0.495 e. The fraction of sp³-hybridized carbons (Fsp3) is 0.125. The highest BCUT2D eigenvalue weighted by atomic mass is 35.5. The molecule has 0 unspecified atom stereocenters. The molecule has 2 N–H and O–H groups in total. The number of carbonyl (C=O) groups excluding carboxylic acids is 1. The van der Waals surface area contributed by atoms with Crippen molar-refractivity contribution in [3.8, 4) is 5.75 Å². The molecule has 0 aromatic heterocycles. The number of nitrogens with two attached hydrogens (primary N) is 1. The van der Waals surface area contributed by atoms with Crippen LogP contribution in [0, 0.1) is 10.1 Å². The average Bonchev–Trinajstić information content (AvgIpc) is 2.17. The first-order valence-electron chi connectivity index (χ1n) is 3.79. The number of benzene rings is 1. The van der Waals surface area contributed by atoms with Crippen LogP contribution in [0.1, 0.15) is 10.4 Å². The molecule has 0 saturated heterocycles. The van der Waals surface area contributed by atoms with Crippen LogP contribution >= 0.6 is 11.6 Å². The van der Waals surface area contributed by atoms with Crippen molar-refractivity contribution in [3.05, 3.63) is 32.8 Å². The lowest BCUT2D eigenvalue weighted by Gasteiger charge is -2.05. The second-order valence-electron chi connectivity index (χ2n) is 2.63. The molecule has 0 atom stereocenters. The third kappa shape index (κ3) is 2.16. The largest absolute Gasteiger partial charge is 0.495 e. The fourth-order valence-corrected chi connectivity index (χ4v) is 1.30. The van der Waals surface area contributed by atoms with E-state index in [9.17, 15) is 14.9 Å². The van der Waals surface area contributed by atoms with Crippen molar-refractivity contribution in [2.45, 2.75) is 0 Å². The van der Waals surface area contributed by atoms with Crippen LogP contribution in [0.3, 0.4) is 0 Å². The highest BCUT2D eigenvalue weighted by Crippen LogP contribution is 2.32. The van der Waals surface area contributed by atoms with Gasteiger partial charge in [-0.25, -0.2) is 0 Å². The molecule has 7 heteroatoms. The molecular formula is C8H7ClN2O4. The standard InChI is InChI=1S/C8H7ClN2O4/c1-15-6-3-4(11(13)14)2-5(7(6)9)8(10)12/h2-3H,1H3,(H2,10,12). The Kier molecular flexibility index (Phi) is 3.11. The highest BCUT2D eigenvalue weighted by Gasteiger charge is 2.18. The van der Waals surface area contributed by atoms with Gasteiger partial charge in [0.15, 0.2) is 0 Å². The molecule has 0 aliphatic heterocycles. The van der Waals surface area contributed by atoms with Gasteiger partial charge in [-0.15, -0.1) is 0 Å². The van der Waals surface area contributed by atoms with Crippen LogP contribution < -0.4 is 10.5 Å². The van der Waals surface area contributed by atoms with Crippen LogP contribution in [0.2, 0.25) is 5.02 Å². The number of nitrogens with zero attached hydrogens (tertiary/aromatic N) is 1. The van der Waals surface area contributed by atoms with Gasteiger partial charge in [-0.3, -0.25) is 14.9 Å². The van der Waals surface area contributed by atoms with Crippen molar-refractivity contribution < 1.29 is 14.5 Å². The van der Waals surface area contributed by atoms with Crippen molar-refractivity contribution in [2.75, 3.05) is 7.11 Å². The minimum atomic E-state index is -0.845. The number of non-ortho nitro benzene ring substituents is 1. The fourth-order valence-electron chi connectivity index (χ4n) is 1.02. The zero-order valence-corrected chi connectivity index (χ0v) is 8.45. The number of halogens is 1. The maximum atomic E-state index is 10.9. The van der Waals surface area contributed by atoms with E-state index < -0.39 is 10.8 Å². The molecule has 0 bridgehead atoms. The summed E-state index contributed by atoms with van der Waals surface area (Å²) in [7, 11) is 1.29. The number of carbonyl (C=O) groups is 1. The number of rotatable bonds is 3. The predicted octanol–water partition coefficient (Wildman–Crippen LogP) is 1.36. The number of amides is 1. The van der Waals surface area contributed by atoms with Crippen molar-refractivity contribution in [1.82, 2.24) is 0 Å². The lowest BCUT2D eigenvalue weighted by atomic mass is 10.2. The van der Waals surface area contributed by atoms with Crippen LogP contribution in [-0.4, -0.2) is 17.9 Å². The Balaban J connectivity index is 3.45. The minimum absolute atomic E-state index is 0.0319. The normalized spacial score (nSPS) is 9.73. The van der Waals surface area contributed by atoms with Crippen LogP contribution in [0.5, 0.6) is 5.75 Å². The molecule has 0 heterocycles. The van der Waals surface area contributed by atoms with E-state index in [0.717, 1.165) is 12.1 Å². The number of hydrogen-bond donors (Lipinski definition) is 1. The Morgan fingerprint density at radius 1 is 1.60 bits per heavy atom. The maximum Gasteiger partial charge on any atom is 0.274 e. The van der Waals surface area contributed by atoms with Gasteiger partial charge in [-0.1, -0.05) is 11.6 Å². The number of nitro benzene ring substituents is 1. The summed E-state index contributed by atoms with van der Waals surface area (Å²) < 4.78 is 4.78. The van der Waals surface area contributed by atoms with Gasteiger partial charge in [0.25, 0.3) is 11.6 Å². The van der Waals surface area contributed by atoms with Gasteiger partial charge in [-0.2, -0.15) is 0 Å². The van der Waals surface area contributed by atoms with Gasteiger partial charge in [0.05, 0.1) is 28.7 Å². The smallest absolute Gasteiger partial charge is 0.274 e. The SMILES string of the molecule is COc1cc([N+](=O)[O-])cc(C(N)=O)c1Cl. The summed E-state index contributed by atoms with van der Waals surface area (Å²) in [6, 6.07) is 2.13. The zero-order valence-electron chi connectivity index (χ0n) is 7.69. The van der Waals surface area contributed by atoms with Crippen LogP contribution in [-0.2, 0) is 0 Å². The van der Waals surface area contributed by atoms with Crippen molar-refractivity contribution in [2.24, 2.45) is 5.73 Å². The van der Waals surface area contributed by atoms with E-state index >= 15 is 0 Å². The molecule has 1 aromatic carbocycles. The molecule has 80 valence electrons. The van der Waals surface area contributed by atoms with Crippen molar-refractivity contribution in [3.63, 3.8) is 0 Å². The number of ether oxygens (including phenoxy) is 1.